The number of aromatic nitrogens is 2. The van der Waals surface area contributed by atoms with Gasteiger partial charge in [-0.2, -0.15) is 0 Å². The van der Waals surface area contributed by atoms with Gasteiger partial charge in [0, 0.05) is 30.8 Å². The van der Waals surface area contributed by atoms with E-state index < -0.39 is 30.4 Å². The van der Waals surface area contributed by atoms with Gasteiger partial charge >= 0.3 is 5.97 Å². The molecule has 3 amide bonds. The number of primary amides is 1. The van der Waals surface area contributed by atoms with Crippen LogP contribution in [0.25, 0.3) is 38.5 Å². The quantitative estimate of drug-likeness (QED) is 0.0703. The Morgan fingerprint density at radius 3 is 2.43 bits per heavy atom. The molecule has 2 heterocycles. The van der Waals surface area contributed by atoms with Crippen LogP contribution in [0.2, 0.25) is 0 Å². The zero-order valence-electron chi connectivity index (χ0n) is 26.2. The van der Waals surface area contributed by atoms with Gasteiger partial charge in [0.25, 0.3) is 5.91 Å². The SMILES string of the molecule is CCCCCCNC(=O)C=Cc1ccc(-c2sc(-c3ccc[nH]3)nc2-c2ccc(OCC(=O)NC(CCC(N)=O)C(=O)O)cc2)cc1. The van der Waals surface area contributed by atoms with Gasteiger partial charge in [-0.15, -0.1) is 11.3 Å². The largest absolute Gasteiger partial charge is 0.484 e. The summed E-state index contributed by atoms with van der Waals surface area (Å²) >= 11 is 1.55. The maximum absolute atomic E-state index is 12.3. The molecule has 0 aliphatic rings. The van der Waals surface area contributed by atoms with Crippen LogP contribution in [0.3, 0.4) is 0 Å². The number of carboxylic acids is 1. The van der Waals surface area contributed by atoms with E-state index >= 15 is 0 Å². The first-order chi connectivity index (χ1) is 22.7. The predicted octanol–water partition coefficient (Wildman–Crippen LogP) is 5.40. The molecule has 2 aromatic carbocycles. The number of nitrogens with two attached hydrogens (primary N) is 1. The van der Waals surface area contributed by atoms with Crippen molar-refractivity contribution < 1.29 is 29.0 Å². The van der Waals surface area contributed by atoms with Gasteiger partial charge in [-0.05, 0) is 66.4 Å². The summed E-state index contributed by atoms with van der Waals surface area (Å²) in [6.07, 6.45) is 9.34. The summed E-state index contributed by atoms with van der Waals surface area (Å²) in [7, 11) is 0. The Balaban J connectivity index is 1.44. The maximum Gasteiger partial charge on any atom is 0.326 e. The highest BCUT2D eigenvalue weighted by Gasteiger charge is 2.21. The Kier molecular flexibility index (Phi) is 12.9. The van der Waals surface area contributed by atoms with Crippen LogP contribution in [0.5, 0.6) is 5.75 Å². The molecular formula is C35H39N5O6S. The molecule has 4 aromatic rings. The first-order valence-electron chi connectivity index (χ1n) is 15.5. The number of nitrogens with zero attached hydrogens (tertiary/aromatic N) is 1. The minimum atomic E-state index is -1.26. The molecule has 0 fully saturated rings. The maximum atomic E-state index is 12.3. The van der Waals surface area contributed by atoms with E-state index in [-0.39, 0.29) is 18.7 Å². The first-order valence-corrected chi connectivity index (χ1v) is 16.3. The van der Waals surface area contributed by atoms with Crippen LogP contribution in [0.4, 0.5) is 0 Å². The molecule has 0 radical (unpaired) electrons. The Morgan fingerprint density at radius 1 is 1.02 bits per heavy atom. The number of aromatic amines is 1. The smallest absolute Gasteiger partial charge is 0.326 e. The third-order valence-corrected chi connectivity index (χ3v) is 8.33. The normalized spacial score (nSPS) is 11.7. The highest BCUT2D eigenvalue weighted by Crippen LogP contribution is 2.40. The van der Waals surface area contributed by atoms with E-state index in [1.165, 1.54) is 6.42 Å². The molecule has 12 heteroatoms. The molecule has 11 nitrogen and oxygen atoms in total. The number of nitrogens with one attached hydrogen (secondary N) is 3. The number of hydrogen-bond donors (Lipinski definition) is 5. The average Bonchev–Trinajstić information content (AvgIpc) is 3.76. The molecule has 1 unspecified atom stereocenters. The lowest BCUT2D eigenvalue weighted by atomic mass is 10.0. The Morgan fingerprint density at radius 2 is 1.77 bits per heavy atom. The van der Waals surface area contributed by atoms with Crippen molar-refractivity contribution in [1.29, 1.82) is 0 Å². The number of hydrogen-bond acceptors (Lipinski definition) is 7. The van der Waals surface area contributed by atoms with Crippen molar-refractivity contribution in [2.24, 2.45) is 5.73 Å². The summed E-state index contributed by atoms with van der Waals surface area (Å²) < 4.78 is 5.58. The summed E-state index contributed by atoms with van der Waals surface area (Å²) in [6.45, 7) is 2.43. The fourth-order valence-electron chi connectivity index (χ4n) is 4.67. The molecule has 4 rings (SSSR count). The number of H-pyrrole nitrogens is 1. The molecule has 246 valence electrons. The van der Waals surface area contributed by atoms with Crippen LogP contribution >= 0.6 is 11.3 Å². The van der Waals surface area contributed by atoms with Crippen LogP contribution in [0.1, 0.15) is 51.0 Å². The lowest BCUT2D eigenvalue weighted by molar-refractivity contribution is -0.142. The van der Waals surface area contributed by atoms with E-state index in [9.17, 15) is 24.3 Å². The van der Waals surface area contributed by atoms with Crippen molar-refractivity contribution in [2.45, 2.75) is 51.5 Å². The van der Waals surface area contributed by atoms with Gasteiger partial charge in [-0.3, -0.25) is 14.4 Å². The number of thiazole rings is 1. The summed E-state index contributed by atoms with van der Waals surface area (Å²) in [5.74, 6) is -2.24. The minimum Gasteiger partial charge on any atom is -0.484 e. The van der Waals surface area contributed by atoms with Gasteiger partial charge in [-0.1, -0.05) is 50.5 Å². The summed E-state index contributed by atoms with van der Waals surface area (Å²) in [6, 6.07) is 17.7. The molecule has 0 spiro atoms. The summed E-state index contributed by atoms with van der Waals surface area (Å²) in [4.78, 5) is 56.0. The van der Waals surface area contributed by atoms with Crippen molar-refractivity contribution in [3.05, 3.63) is 78.5 Å². The zero-order chi connectivity index (χ0) is 33.6. The van der Waals surface area contributed by atoms with E-state index in [4.69, 9.17) is 15.5 Å². The first kappa shape index (κ1) is 34.6. The monoisotopic (exact) mass is 657 g/mol. The van der Waals surface area contributed by atoms with Crippen molar-refractivity contribution in [1.82, 2.24) is 20.6 Å². The molecule has 0 aliphatic heterocycles. The molecular weight excluding hydrogens is 618 g/mol. The molecule has 6 N–H and O–H groups in total. The Labute approximate surface area is 277 Å². The lowest BCUT2D eigenvalue weighted by Crippen LogP contribution is -2.43. The van der Waals surface area contributed by atoms with Crippen molar-refractivity contribution in [3.63, 3.8) is 0 Å². The average molecular weight is 658 g/mol. The van der Waals surface area contributed by atoms with Gasteiger partial charge in [-0.25, -0.2) is 9.78 Å². The number of rotatable bonds is 18. The molecule has 0 bridgehead atoms. The lowest BCUT2D eigenvalue weighted by Gasteiger charge is -2.14. The van der Waals surface area contributed by atoms with Gasteiger partial charge in [0.15, 0.2) is 6.61 Å². The predicted molar refractivity (Wildman–Crippen MR) is 182 cm³/mol. The second kappa shape index (κ2) is 17.5. The molecule has 0 saturated carbocycles. The standard InChI is InChI=1S/C35H39N5O6S/c1-2-3-4-5-20-38-30(42)19-10-23-8-11-25(12-9-23)33-32(40-34(47-33)27-7-6-21-37-27)24-13-15-26(16-14-24)46-22-31(43)39-28(35(44)45)17-18-29(36)41/h6-16,19,21,28,37H,2-5,17-18,20,22H2,1H3,(H2,36,41)(H,38,42)(H,39,43)(H,44,45). The molecule has 0 saturated heterocycles. The summed E-state index contributed by atoms with van der Waals surface area (Å²) in [5.41, 5.74) is 9.46. The van der Waals surface area contributed by atoms with Crippen molar-refractivity contribution in [2.75, 3.05) is 13.2 Å². The highest BCUT2D eigenvalue weighted by molar-refractivity contribution is 7.18. The van der Waals surface area contributed by atoms with E-state index in [2.05, 4.69) is 22.5 Å². The molecule has 1 atom stereocenters. The number of ether oxygens (including phenoxy) is 1. The topological polar surface area (TPSA) is 176 Å². The van der Waals surface area contributed by atoms with Gasteiger partial charge in [0.1, 0.15) is 16.8 Å². The fourth-order valence-corrected chi connectivity index (χ4v) is 5.75. The fraction of sp³-hybridized carbons (Fsp3) is 0.286. The second-order valence-corrected chi connectivity index (χ2v) is 11.9. The number of unbranched alkanes of at least 4 members (excludes halogenated alkanes) is 3. The van der Waals surface area contributed by atoms with Gasteiger partial charge < -0.3 is 31.2 Å². The second-order valence-electron chi connectivity index (χ2n) is 10.9. The molecule has 0 aliphatic carbocycles. The van der Waals surface area contributed by atoms with Gasteiger partial charge in [0.2, 0.25) is 11.8 Å². The zero-order valence-corrected chi connectivity index (χ0v) is 27.0. The summed E-state index contributed by atoms with van der Waals surface area (Å²) in [5, 5.41) is 15.4. The number of amides is 3. The number of carboxylic acid groups (broad SMARTS) is 1. The molecule has 47 heavy (non-hydrogen) atoms. The third-order valence-electron chi connectivity index (χ3n) is 7.20. The number of aliphatic carboxylic acids is 1. The van der Waals surface area contributed by atoms with Crippen LogP contribution in [0, 0.1) is 0 Å². The van der Waals surface area contributed by atoms with Crippen LogP contribution in [-0.4, -0.2) is 58.0 Å². The van der Waals surface area contributed by atoms with E-state index in [1.54, 1.807) is 35.6 Å². The van der Waals surface area contributed by atoms with E-state index in [0.717, 1.165) is 57.2 Å². The minimum absolute atomic E-state index is 0.108. The Bertz CT molecular complexity index is 1660. The molecule has 2 aromatic heterocycles. The number of carbonyl (C=O) groups excluding carboxylic acids is 3. The number of carbonyl (C=O) groups is 4. The van der Waals surface area contributed by atoms with Crippen LogP contribution in [0.15, 0.2) is 72.9 Å². The van der Waals surface area contributed by atoms with Crippen molar-refractivity contribution in [3.8, 4) is 38.1 Å². The van der Waals surface area contributed by atoms with E-state index in [0.29, 0.717) is 12.3 Å². The van der Waals surface area contributed by atoms with E-state index in [1.807, 2.05) is 54.7 Å². The van der Waals surface area contributed by atoms with Gasteiger partial charge in [0.05, 0.1) is 16.3 Å². The highest BCUT2D eigenvalue weighted by atomic mass is 32.1. The Hall–Kier alpha value is -5.23. The van der Waals surface area contributed by atoms with Crippen LogP contribution < -0.4 is 21.1 Å². The third kappa shape index (κ3) is 10.7. The number of benzene rings is 2. The van der Waals surface area contributed by atoms with Crippen LogP contribution in [-0.2, 0) is 19.2 Å². The van der Waals surface area contributed by atoms with Crippen molar-refractivity contribution >= 4 is 41.1 Å².